The Balaban J connectivity index is 0.000000393. The lowest BCUT2D eigenvalue weighted by Gasteiger charge is -2.32. The van der Waals surface area contributed by atoms with Gasteiger partial charge in [-0.3, -0.25) is 9.36 Å². The number of anilines is 1. The first-order valence-electron chi connectivity index (χ1n) is 12.1. The van der Waals surface area contributed by atoms with Crippen LogP contribution in [0.1, 0.15) is 37.7 Å². The number of ketones is 1. The van der Waals surface area contributed by atoms with Crippen LogP contribution in [0, 0.1) is 6.92 Å². The number of aromatic nitrogens is 3. The molecule has 15 heteroatoms. The molecule has 40 heavy (non-hydrogen) atoms. The number of nitrogens with zero attached hydrogens (tertiary/aromatic N) is 4. The second-order valence-electron chi connectivity index (χ2n) is 8.74. The van der Waals surface area contributed by atoms with Crippen molar-refractivity contribution < 1.29 is 48.8 Å². The first kappa shape index (κ1) is 31.4. The number of hydrogen-bond donors (Lipinski definition) is 1. The van der Waals surface area contributed by atoms with Crippen molar-refractivity contribution in [2.24, 2.45) is 0 Å². The van der Waals surface area contributed by atoms with E-state index < -0.39 is 23.9 Å². The number of nitrogens with one attached hydrogen (secondary N) is 1. The predicted octanol–water partition coefficient (Wildman–Crippen LogP) is -3.79. The molecule has 0 spiro atoms. The van der Waals surface area contributed by atoms with Gasteiger partial charge in [0.2, 0.25) is 5.95 Å². The molecule has 0 amide bonds. The molecule has 1 aliphatic heterocycles. The fraction of sp³-hybridized carbons (Fsp3) is 0.400. The molecule has 3 aromatic heterocycles. The highest BCUT2D eigenvalue weighted by molar-refractivity contribution is 6.25. The van der Waals surface area contributed by atoms with Gasteiger partial charge in [-0.1, -0.05) is 0 Å². The Labute approximate surface area is 228 Å². The van der Waals surface area contributed by atoms with Gasteiger partial charge in [-0.2, -0.15) is 0 Å². The number of carbonyl (C=O) groups is 5. The van der Waals surface area contributed by atoms with Crippen molar-refractivity contribution in [2.75, 3.05) is 25.0 Å². The molecule has 1 N–H and O–H groups in total. The number of Topliss-reactive ketones (excluding diaryl/α,β-unsaturated/α-hetero) is 1. The van der Waals surface area contributed by atoms with Crippen molar-refractivity contribution in [2.45, 2.75) is 45.7 Å². The Hall–Kier alpha value is -4.79. The molecule has 1 saturated heterocycles. The molecule has 0 bridgehead atoms. The van der Waals surface area contributed by atoms with Gasteiger partial charge in [0.15, 0.2) is 5.65 Å². The third-order valence-corrected chi connectivity index (χ3v) is 5.65. The molecule has 0 unspecified atom stereocenters. The minimum Gasteiger partial charge on any atom is -0.543 e. The standard InChI is InChI=1S/C21H27N5O2.2C2H2O4/c1-15(27)7-11-25-12-8-17(9-13-25)23-21-24-19-4-3-10-22-20(19)26(21)14-18-6-5-16(2)28-18;2*3-1(4)2(5)6/h3-6,10,17H,7-9,11-14H2,1-2H3,(H,23,24);2*(H,3,4)(H,5,6)/p-4. The summed E-state index contributed by atoms with van der Waals surface area (Å²) in [6, 6.07) is 8.24. The lowest BCUT2D eigenvalue weighted by Crippen LogP contribution is -2.42. The lowest BCUT2D eigenvalue weighted by atomic mass is 10.0. The van der Waals surface area contributed by atoms with E-state index in [-0.39, 0.29) is 5.78 Å². The number of carboxylic acid groups (broad SMARTS) is 4. The van der Waals surface area contributed by atoms with E-state index in [2.05, 4.69) is 19.8 Å². The van der Waals surface area contributed by atoms with Crippen molar-refractivity contribution in [3.63, 3.8) is 0 Å². The maximum Gasteiger partial charge on any atom is 0.205 e. The van der Waals surface area contributed by atoms with Gasteiger partial charge < -0.3 is 54.2 Å². The first-order valence-corrected chi connectivity index (χ1v) is 12.1. The number of rotatable bonds is 7. The second kappa shape index (κ2) is 15.0. The summed E-state index contributed by atoms with van der Waals surface area (Å²) in [6.07, 6.45) is 4.51. The molecular weight excluding hydrogens is 530 g/mol. The molecule has 4 rings (SSSR count). The summed E-state index contributed by atoms with van der Waals surface area (Å²) in [6.45, 7) is 7.07. The number of carboxylic acids is 4. The smallest absolute Gasteiger partial charge is 0.205 e. The zero-order chi connectivity index (χ0) is 29.8. The van der Waals surface area contributed by atoms with Crippen LogP contribution in [0.5, 0.6) is 0 Å². The summed E-state index contributed by atoms with van der Waals surface area (Å²) < 4.78 is 7.87. The Morgan fingerprint density at radius 3 is 2.08 bits per heavy atom. The van der Waals surface area contributed by atoms with Crippen LogP contribution in [0.2, 0.25) is 0 Å². The van der Waals surface area contributed by atoms with Crippen molar-refractivity contribution in [1.29, 1.82) is 0 Å². The molecule has 15 nitrogen and oxygen atoms in total. The quantitative estimate of drug-likeness (QED) is 0.274. The third kappa shape index (κ3) is 10.2. The largest absolute Gasteiger partial charge is 0.543 e. The monoisotopic (exact) mass is 557 g/mol. The fourth-order valence-corrected chi connectivity index (χ4v) is 3.74. The average Bonchev–Trinajstić information content (AvgIpc) is 3.47. The molecule has 0 atom stereocenters. The summed E-state index contributed by atoms with van der Waals surface area (Å²) in [7, 11) is 0. The predicted molar refractivity (Wildman–Crippen MR) is 128 cm³/mol. The van der Waals surface area contributed by atoms with E-state index >= 15 is 0 Å². The third-order valence-electron chi connectivity index (χ3n) is 5.65. The highest BCUT2D eigenvalue weighted by atomic mass is 16.4. The summed E-state index contributed by atoms with van der Waals surface area (Å²) in [5.74, 6) is -5.85. The second-order valence-corrected chi connectivity index (χ2v) is 8.74. The topological polar surface area (TPSA) is 237 Å². The van der Waals surface area contributed by atoms with Crippen molar-refractivity contribution in [1.82, 2.24) is 19.4 Å². The molecule has 216 valence electrons. The van der Waals surface area contributed by atoms with Gasteiger partial charge in [-0.25, -0.2) is 9.97 Å². The molecule has 1 aliphatic rings. The number of imidazole rings is 1. The maximum absolute atomic E-state index is 11.2. The maximum atomic E-state index is 11.2. The molecule has 4 heterocycles. The van der Waals surface area contributed by atoms with Gasteiger partial charge in [-0.15, -0.1) is 0 Å². The molecule has 1 fully saturated rings. The van der Waals surface area contributed by atoms with Crippen LogP contribution < -0.4 is 25.7 Å². The van der Waals surface area contributed by atoms with E-state index in [1.165, 1.54) is 0 Å². The van der Waals surface area contributed by atoms with Crippen LogP contribution in [0.3, 0.4) is 0 Å². The van der Waals surface area contributed by atoms with E-state index in [4.69, 9.17) is 49.0 Å². The van der Waals surface area contributed by atoms with Gasteiger partial charge in [-0.05, 0) is 51.0 Å². The number of pyridine rings is 1. The summed E-state index contributed by atoms with van der Waals surface area (Å²) in [5, 5.41) is 39.3. The number of furan rings is 1. The van der Waals surface area contributed by atoms with Gasteiger partial charge in [0.05, 0.1) is 30.4 Å². The number of likely N-dealkylation sites (tertiary alicyclic amines) is 1. The van der Waals surface area contributed by atoms with E-state index in [9.17, 15) is 4.79 Å². The zero-order valence-corrected chi connectivity index (χ0v) is 21.8. The Morgan fingerprint density at radius 2 is 1.57 bits per heavy atom. The van der Waals surface area contributed by atoms with Crippen LogP contribution in [-0.2, 0) is 30.5 Å². The van der Waals surface area contributed by atoms with Crippen LogP contribution in [0.4, 0.5) is 5.95 Å². The molecular formula is C25H27N5O10-4. The Kier molecular flexibility index (Phi) is 11.8. The van der Waals surface area contributed by atoms with Crippen LogP contribution in [0.15, 0.2) is 34.9 Å². The molecule has 0 aliphatic carbocycles. The highest BCUT2D eigenvalue weighted by Crippen LogP contribution is 2.23. The van der Waals surface area contributed by atoms with Gasteiger partial charge >= 0.3 is 0 Å². The van der Waals surface area contributed by atoms with Crippen molar-refractivity contribution in [3.8, 4) is 0 Å². The van der Waals surface area contributed by atoms with Gasteiger partial charge in [0.25, 0.3) is 0 Å². The molecule has 0 radical (unpaired) electrons. The van der Waals surface area contributed by atoms with E-state index in [0.29, 0.717) is 19.0 Å². The van der Waals surface area contributed by atoms with Crippen LogP contribution in [-0.4, -0.2) is 74.8 Å². The van der Waals surface area contributed by atoms with E-state index in [1.54, 1.807) is 13.1 Å². The summed E-state index contributed by atoms with van der Waals surface area (Å²) >= 11 is 0. The van der Waals surface area contributed by atoms with Gasteiger partial charge in [0.1, 0.15) is 22.8 Å². The van der Waals surface area contributed by atoms with Crippen molar-refractivity contribution in [3.05, 3.63) is 42.0 Å². The first-order chi connectivity index (χ1) is 18.9. The summed E-state index contributed by atoms with van der Waals surface area (Å²) in [4.78, 5) is 58.6. The number of piperidine rings is 1. The van der Waals surface area contributed by atoms with E-state index in [0.717, 1.165) is 61.1 Å². The Morgan fingerprint density at radius 1 is 0.975 bits per heavy atom. The Bertz CT molecular complexity index is 1290. The van der Waals surface area contributed by atoms with Gasteiger partial charge in [0, 0.05) is 38.3 Å². The normalized spacial score (nSPS) is 13.3. The molecule has 3 aromatic rings. The average molecular weight is 558 g/mol. The minimum absolute atomic E-state index is 0.259. The number of aryl methyl sites for hydroxylation is 1. The highest BCUT2D eigenvalue weighted by Gasteiger charge is 2.22. The summed E-state index contributed by atoms with van der Waals surface area (Å²) in [5.41, 5.74) is 1.74. The number of hydrogen-bond acceptors (Lipinski definition) is 14. The molecule has 0 aromatic carbocycles. The van der Waals surface area contributed by atoms with Crippen LogP contribution in [0.25, 0.3) is 11.2 Å². The fourth-order valence-electron chi connectivity index (χ4n) is 3.74. The van der Waals surface area contributed by atoms with E-state index in [1.807, 2.05) is 31.2 Å². The lowest BCUT2D eigenvalue weighted by molar-refractivity contribution is -0.345. The van der Waals surface area contributed by atoms with Crippen LogP contribution >= 0.6 is 0 Å². The number of aliphatic carboxylic acids is 4. The zero-order valence-electron chi connectivity index (χ0n) is 21.8. The SMILES string of the molecule is CC(=O)CCN1CCC(Nc2nc3cccnc3n2Cc2ccc(C)o2)CC1.O=C([O-])C(=O)[O-].O=C([O-])C(=O)[O-]. The number of carbonyl (C=O) groups excluding carboxylic acids is 5. The molecule has 0 saturated carbocycles. The minimum atomic E-state index is -2.19. The van der Waals surface area contributed by atoms with Crippen molar-refractivity contribution >= 4 is 46.8 Å². The number of fused-ring (bicyclic) bond motifs is 1.